The fourth-order valence-corrected chi connectivity index (χ4v) is 2.04. The fourth-order valence-electron chi connectivity index (χ4n) is 2.04. The van der Waals surface area contributed by atoms with E-state index in [4.69, 9.17) is 18.9 Å². The molecular weight excluding hydrogens is 344 g/mol. The number of carbonyl (C=O) groups is 4. The van der Waals surface area contributed by atoms with Crippen molar-refractivity contribution in [3.63, 3.8) is 0 Å². The zero-order valence-corrected chi connectivity index (χ0v) is 16.1. The molecule has 0 aromatic rings. The first-order chi connectivity index (χ1) is 12.2. The van der Waals surface area contributed by atoms with Crippen LogP contribution in [-0.2, 0) is 38.1 Å². The lowest BCUT2D eigenvalue weighted by Crippen LogP contribution is -2.16. The van der Waals surface area contributed by atoms with Gasteiger partial charge in [-0.25, -0.2) is 0 Å². The third-order valence-corrected chi connectivity index (χ3v) is 3.32. The lowest BCUT2D eigenvalue weighted by Gasteiger charge is -2.12. The average molecular weight is 374 g/mol. The smallest absolute Gasteiger partial charge is 0.305 e. The number of esters is 4. The van der Waals surface area contributed by atoms with E-state index in [1.54, 1.807) is 13.8 Å². The van der Waals surface area contributed by atoms with Gasteiger partial charge in [0.2, 0.25) is 0 Å². The highest BCUT2D eigenvalue weighted by atomic mass is 16.6. The molecule has 8 nitrogen and oxygen atoms in total. The van der Waals surface area contributed by atoms with Crippen LogP contribution in [0.25, 0.3) is 0 Å². The summed E-state index contributed by atoms with van der Waals surface area (Å²) >= 11 is 0. The molecule has 0 saturated carbocycles. The third kappa shape index (κ3) is 15.4. The maximum absolute atomic E-state index is 11.5. The summed E-state index contributed by atoms with van der Waals surface area (Å²) in [4.78, 5) is 44.5. The molecule has 26 heavy (non-hydrogen) atoms. The molecule has 0 saturated heterocycles. The van der Waals surface area contributed by atoms with Crippen molar-refractivity contribution in [2.75, 3.05) is 13.2 Å². The van der Waals surface area contributed by atoms with Gasteiger partial charge in [0, 0.05) is 39.5 Å². The highest BCUT2D eigenvalue weighted by Gasteiger charge is 2.10. The summed E-state index contributed by atoms with van der Waals surface area (Å²) in [5, 5.41) is 0. The fraction of sp³-hybridized carbons (Fsp3) is 0.778. The summed E-state index contributed by atoms with van der Waals surface area (Å²) in [6.07, 6.45) is 1.80. The summed E-state index contributed by atoms with van der Waals surface area (Å²) in [6.45, 7) is 6.50. The van der Waals surface area contributed by atoms with E-state index in [9.17, 15) is 19.2 Å². The van der Waals surface area contributed by atoms with E-state index in [2.05, 4.69) is 0 Å². The molecule has 0 N–H and O–H groups in total. The van der Waals surface area contributed by atoms with Crippen LogP contribution in [-0.4, -0.2) is 49.3 Å². The van der Waals surface area contributed by atoms with Crippen LogP contribution in [0.2, 0.25) is 0 Å². The summed E-state index contributed by atoms with van der Waals surface area (Å²) in [6, 6.07) is 0. The van der Waals surface area contributed by atoms with Crippen molar-refractivity contribution in [2.24, 2.45) is 0 Å². The molecule has 2 atom stereocenters. The Morgan fingerprint density at radius 2 is 1.04 bits per heavy atom. The van der Waals surface area contributed by atoms with Gasteiger partial charge in [-0.1, -0.05) is 0 Å². The number of rotatable bonds is 13. The van der Waals surface area contributed by atoms with Gasteiger partial charge in [0.25, 0.3) is 0 Å². The monoisotopic (exact) mass is 374 g/mol. The second-order valence-electron chi connectivity index (χ2n) is 6.07. The molecule has 0 bridgehead atoms. The normalized spacial score (nSPS) is 12.6. The Balaban J connectivity index is 3.60. The number of ether oxygens (including phenoxy) is 4. The Morgan fingerprint density at radius 3 is 1.35 bits per heavy atom. The Labute approximate surface area is 154 Å². The minimum absolute atomic E-state index is 0.190. The predicted molar refractivity (Wildman–Crippen MR) is 92.1 cm³/mol. The van der Waals surface area contributed by atoms with Crippen LogP contribution in [0, 0.1) is 0 Å². The van der Waals surface area contributed by atoms with Gasteiger partial charge < -0.3 is 18.9 Å². The summed E-state index contributed by atoms with van der Waals surface area (Å²) in [5.41, 5.74) is 0. The van der Waals surface area contributed by atoms with Crippen LogP contribution in [0.1, 0.15) is 66.2 Å². The van der Waals surface area contributed by atoms with Gasteiger partial charge in [0.05, 0.1) is 13.2 Å². The Hall–Kier alpha value is -2.12. The van der Waals surface area contributed by atoms with Gasteiger partial charge in [-0.2, -0.15) is 0 Å². The van der Waals surface area contributed by atoms with E-state index in [-0.39, 0.29) is 62.1 Å². The molecule has 0 spiro atoms. The summed E-state index contributed by atoms with van der Waals surface area (Å²) in [7, 11) is 0. The van der Waals surface area contributed by atoms with Crippen molar-refractivity contribution in [3.05, 3.63) is 0 Å². The topological polar surface area (TPSA) is 105 Å². The highest BCUT2D eigenvalue weighted by molar-refractivity contribution is 5.70. The molecule has 0 radical (unpaired) electrons. The lowest BCUT2D eigenvalue weighted by atomic mass is 10.2. The van der Waals surface area contributed by atoms with Gasteiger partial charge in [-0.05, 0) is 26.7 Å². The summed E-state index contributed by atoms with van der Waals surface area (Å²) in [5.74, 6) is -1.42. The van der Waals surface area contributed by atoms with Crippen LogP contribution >= 0.6 is 0 Å². The van der Waals surface area contributed by atoms with E-state index in [0.29, 0.717) is 25.7 Å². The molecule has 0 aromatic heterocycles. The Morgan fingerprint density at radius 1 is 0.692 bits per heavy atom. The van der Waals surface area contributed by atoms with Crippen LogP contribution in [0.4, 0.5) is 0 Å². The molecule has 0 aliphatic rings. The van der Waals surface area contributed by atoms with E-state index in [1.165, 1.54) is 13.8 Å². The molecule has 0 rings (SSSR count). The van der Waals surface area contributed by atoms with Crippen LogP contribution in [0.3, 0.4) is 0 Å². The SMILES string of the molecule is CC(=O)OC(C)CCOC(=O)CCCCC(=O)OCCC(C)OC(C)=O. The second-order valence-corrected chi connectivity index (χ2v) is 6.07. The van der Waals surface area contributed by atoms with Gasteiger partial charge in [0.1, 0.15) is 12.2 Å². The van der Waals surface area contributed by atoms with Crippen molar-refractivity contribution < 1.29 is 38.1 Å². The predicted octanol–water partition coefficient (Wildman–Crippen LogP) is 2.32. The van der Waals surface area contributed by atoms with Crippen molar-refractivity contribution in [3.8, 4) is 0 Å². The second kappa shape index (κ2) is 14.1. The Bertz CT molecular complexity index is 418. The molecule has 0 aromatic carbocycles. The first-order valence-electron chi connectivity index (χ1n) is 8.86. The first-order valence-corrected chi connectivity index (χ1v) is 8.86. The molecule has 0 aliphatic heterocycles. The number of hydrogen-bond donors (Lipinski definition) is 0. The minimum Gasteiger partial charge on any atom is -0.466 e. The number of carbonyl (C=O) groups excluding carboxylic acids is 4. The van der Waals surface area contributed by atoms with Gasteiger partial charge in [-0.15, -0.1) is 0 Å². The standard InChI is InChI=1S/C18H30O8/c1-13(25-15(3)19)9-11-23-17(21)7-5-6-8-18(22)24-12-10-14(2)26-16(4)20/h13-14H,5-12H2,1-4H3. The molecule has 0 fully saturated rings. The van der Waals surface area contributed by atoms with Crippen molar-refractivity contribution >= 4 is 23.9 Å². The van der Waals surface area contributed by atoms with Gasteiger partial charge in [0.15, 0.2) is 0 Å². The van der Waals surface area contributed by atoms with Crippen molar-refractivity contribution in [2.45, 2.75) is 78.4 Å². The molecule has 8 heteroatoms. The van der Waals surface area contributed by atoms with Crippen LogP contribution < -0.4 is 0 Å². The third-order valence-electron chi connectivity index (χ3n) is 3.32. The Kier molecular flexibility index (Phi) is 12.9. The molecule has 0 heterocycles. The largest absolute Gasteiger partial charge is 0.466 e. The quantitative estimate of drug-likeness (QED) is 0.275. The maximum atomic E-state index is 11.5. The van der Waals surface area contributed by atoms with E-state index in [1.807, 2.05) is 0 Å². The minimum atomic E-state index is -0.364. The van der Waals surface area contributed by atoms with Gasteiger partial charge >= 0.3 is 23.9 Å². The average Bonchev–Trinajstić information content (AvgIpc) is 2.50. The zero-order valence-electron chi connectivity index (χ0n) is 16.1. The van der Waals surface area contributed by atoms with E-state index >= 15 is 0 Å². The zero-order chi connectivity index (χ0) is 19.9. The van der Waals surface area contributed by atoms with Crippen LogP contribution in [0.15, 0.2) is 0 Å². The molecule has 0 amide bonds. The molecule has 150 valence electrons. The maximum Gasteiger partial charge on any atom is 0.305 e. The highest BCUT2D eigenvalue weighted by Crippen LogP contribution is 2.06. The molecular formula is C18H30O8. The van der Waals surface area contributed by atoms with Crippen molar-refractivity contribution in [1.29, 1.82) is 0 Å². The molecule has 0 aliphatic carbocycles. The van der Waals surface area contributed by atoms with E-state index < -0.39 is 0 Å². The number of unbranched alkanes of at least 4 members (excludes halogenated alkanes) is 1. The summed E-state index contributed by atoms with van der Waals surface area (Å²) < 4.78 is 19.9. The first kappa shape index (κ1) is 23.9. The molecule has 2 unspecified atom stereocenters. The van der Waals surface area contributed by atoms with E-state index in [0.717, 1.165) is 0 Å². The van der Waals surface area contributed by atoms with Crippen molar-refractivity contribution in [1.82, 2.24) is 0 Å². The van der Waals surface area contributed by atoms with Gasteiger partial charge in [-0.3, -0.25) is 19.2 Å². The number of hydrogen-bond acceptors (Lipinski definition) is 8. The lowest BCUT2D eigenvalue weighted by molar-refractivity contribution is -0.151. The van der Waals surface area contributed by atoms with Crippen LogP contribution in [0.5, 0.6) is 0 Å².